The second-order valence-corrected chi connectivity index (χ2v) is 5.36. The van der Waals surface area contributed by atoms with Crippen LogP contribution < -0.4 is 9.47 Å². The molecule has 19 heavy (non-hydrogen) atoms. The van der Waals surface area contributed by atoms with E-state index in [0.29, 0.717) is 11.6 Å². The highest BCUT2D eigenvalue weighted by molar-refractivity contribution is 9.10. The van der Waals surface area contributed by atoms with Gasteiger partial charge in [-0.15, -0.1) is 0 Å². The monoisotopic (exact) mass is 321 g/mol. The first-order chi connectivity index (χ1) is 9.06. The normalized spacial score (nSPS) is 10.6. The third kappa shape index (κ3) is 3.70. The number of aromatic nitrogens is 1. The smallest absolute Gasteiger partial charge is 0.262 e. The van der Waals surface area contributed by atoms with Crippen LogP contribution in [0.5, 0.6) is 17.4 Å². The molecule has 3 nitrogen and oxygen atoms in total. The largest absolute Gasteiger partial charge is 0.485 e. The molecule has 0 aliphatic rings. The number of rotatable bonds is 4. The van der Waals surface area contributed by atoms with Gasteiger partial charge in [-0.05, 0) is 66.5 Å². The number of nitrogens with zero attached hydrogens (tertiary/aromatic N) is 1. The molecule has 0 amide bonds. The lowest BCUT2D eigenvalue weighted by atomic mass is 10.2. The van der Waals surface area contributed by atoms with Crippen molar-refractivity contribution in [3.05, 3.63) is 46.6 Å². The summed E-state index contributed by atoms with van der Waals surface area (Å²) in [4.78, 5) is 4.22. The van der Waals surface area contributed by atoms with Gasteiger partial charge in [0.05, 0.1) is 10.6 Å². The molecular weight excluding hydrogens is 306 g/mol. The Labute approximate surface area is 121 Å². The molecule has 0 saturated carbocycles. The van der Waals surface area contributed by atoms with Crippen LogP contribution in [-0.2, 0) is 0 Å². The Kier molecular flexibility index (Phi) is 4.43. The molecule has 0 spiro atoms. The van der Waals surface area contributed by atoms with E-state index in [9.17, 15) is 0 Å². The summed E-state index contributed by atoms with van der Waals surface area (Å²) in [6.07, 6.45) is 1.76. The number of aryl methyl sites for hydroxylation is 1. The van der Waals surface area contributed by atoms with Gasteiger partial charge in [-0.2, -0.15) is 0 Å². The third-order valence-corrected chi connectivity index (χ3v) is 3.01. The molecule has 0 N–H and O–H groups in total. The Morgan fingerprint density at radius 1 is 1.16 bits per heavy atom. The zero-order valence-corrected chi connectivity index (χ0v) is 12.8. The lowest BCUT2D eigenvalue weighted by molar-refractivity contribution is 0.231. The zero-order chi connectivity index (χ0) is 13.8. The number of benzene rings is 1. The van der Waals surface area contributed by atoms with Gasteiger partial charge in [0.2, 0.25) is 0 Å². The molecular formula is C15H16BrNO2. The molecule has 1 aromatic heterocycles. The van der Waals surface area contributed by atoms with Crippen molar-refractivity contribution in [3.8, 4) is 17.4 Å². The van der Waals surface area contributed by atoms with Crippen LogP contribution in [0.2, 0.25) is 0 Å². The highest BCUT2D eigenvalue weighted by atomic mass is 79.9. The standard InChI is InChI=1S/C15H16BrNO2/c1-10(2)18-14-5-4-8-17-15(14)19-13-7-6-11(3)9-12(13)16/h4-10H,1-3H3. The number of pyridine rings is 1. The molecule has 0 bridgehead atoms. The van der Waals surface area contributed by atoms with E-state index in [4.69, 9.17) is 9.47 Å². The first-order valence-corrected chi connectivity index (χ1v) is 6.91. The molecule has 0 aliphatic carbocycles. The van der Waals surface area contributed by atoms with E-state index < -0.39 is 0 Å². The minimum Gasteiger partial charge on any atom is -0.485 e. The Morgan fingerprint density at radius 3 is 2.63 bits per heavy atom. The summed E-state index contributed by atoms with van der Waals surface area (Å²) in [5, 5.41) is 0. The van der Waals surface area contributed by atoms with Gasteiger partial charge in [-0.25, -0.2) is 4.98 Å². The second kappa shape index (κ2) is 6.06. The first-order valence-electron chi connectivity index (χ1n) is 6.12. The van der Waals surface area contributed by atoms with E-state index in [-0.39, 0.29) is 6.10 Å². The Balaban J connectivity index is 2.27. The maximum absolute atomic E-state index is 5.81. The second-order valence-electron chi connectivity index (χ2n) is 4.51. The van der Waals surface area contributed by atoms with Crippen molar-refractivity contribution in [1.29, 1.82) is 0 Å². The minimum atomic E-state index is 0.0769. The lowest BCUT2D eigenvalue weighted by Gasteiger charge is -2.14. The van der Waals surface area contributed by atoms with Crippen LogP contribution in [0.3, 0.4) is 0 Å². The topological polar surface area (TPSA) is 31.4 Å². The van der Waals surface area contributed by atoms with Gasteiger partial charge in [0.15, 0.2) is 5.75 Å². The van der Waals surface area contributed by atoms with Gasteiger partial charge in [-0.1, -0.05) is 6.07 Å². The predicted octanol–water partition coefficient (Wildman–Crippen LogP) is 4.73. The Bertz CT molecular complexity index is 570. The van der Waals surface area contributed by atoms with Crippen molar-refractivity contribution in [3.63, 3.8) is 0 Å². The van der Waals surface area contributed by atoms with Crippen LogP contribution in [-0.4, -0.2) is 11.1 Å². The van der Waals surface area contributed by atoms with E-state index in [1.807, 2.05) is 51.1 Å². The quantitative estimate of drug-likeness (QED) is 0.815. The van der Waals surface area contributed by atoms with E-state index in [2.05, 4.69) is 20.9 Å². The average molecular weight is 322 g/mol. The van der Waals surface area contributed by atoms with Gasteiger partial charge in [0, 0.05) is 6.20 Å². The number of ether oxygens (including phenoxy) is 2. The van der Waals surface area contributed by atoms with Crippen LogP contribution in [0.15, 0.2) is 41.0 Å². The van der Waals surface area contributed by atoms with Crippen LogP contribution >= 0.6 is 15.9 Å². The summed E-state index contributed by atoms with van der Waals surface area (Å²) in [6, 6.07) is 9.58. The van der Waals surface area contributed by atoms with Crippen molar-refractivity contribution in [1.82, 2.24) is 4.98 Å². The number of hydrogen-bond donors (Lipinski definition) is 0. The van der Waals surface area contributed by atoms with Crippen molar-refractivity contribution in [2.75, 3.05) is 0 Å². The fraction of sp³-hybridized carbons (Fsp3) is 0.267. The van der Waals surface area contributed by atoms with E-state index in [1.165, 1.54) is 5.56 Å². The van der Waals surface area contributed by atoms with E-state index >= 15 is 0 Å². The summed E-state index contributed by atoms with van der Waals surface area (Å²) < 4.78 is 12.4. The molecule has 1 heterocycles. The maximum atomic E-state index is 5.81. The highest BCUT2D eigenvalue weighted by Crippen LogP contribution is 2.34. The summed E-state index contributed by atoms with van der Waals surface area (Å²) in [5.74, 6) is 1.84. The molecule has 4 heteroatoms. The predicted molar refractivity (Wildman–Crippen MR) is 79.0 cm³/mol. The van der Waals surface area contributed by atoms with Crippen molar-refractivity contribution in [2.45, 2.75) is 26.9 Å². The van der Waals surface area contributed by atoms with Gasteiger partial charge in [0.25, 0.3) is 5.88 Å². The molecule has 2 aromatic rings. The van der Waals surface area contributed by atoms with E-state index in [1.54, 1.807) is 6.20 Å². The summed E-state index contributed by atoms with van der Waals surface area (Å²) in [7, 11) is 0. The zero-order valence-electron chi connectivity index (χ0n) is 11.2. The van der Waals surface area contributed by atoms with E-state index in [0.717, 1.165) is 10.2 Å². The fourth-order valence-electron chi connectivity index (χ4n) is 1.59. The minimum absolute atomic E-state index is 0.0769. The number of halogens is 1. The van der Waals surface area contributed by atoms with Crippen molar-refractivity contribution in [2.24, 2.45) is 0 Å². The lowest BCUT2D eigenvalue weighted by Crippen LogP contribution is -2.07. The molecule has 0 aliphatic heterocycles. The number of hydrogen-bond acceptors (Lipinski definition) is 3. The van der Waals surface area contributed by atoms with Gasteiger partial charge >= 0.3 is 0 Å². The maximum Gasteiger partial charge on any atom is 0.262 e. The van der Waals surface area contributed by atoms with Crippen LogP contribution in [0, 0.1) is 6.92 Å². The molecule has 0 atom stereocenters. The molecule has 2 rings (SSSR count). The van der Waals surface area contributed by atoms with Gasteiger partial charge in [-0.3, -0.25) is 0 Å². The SMILES string of the molecule is Cc1ccc(Oc2ncccc2OC(C)C)c(Br)c1. The summed E-state index contributed by atoms with van der Waals surface area (Å²) >= 11 is 3.49. The summed E-state index contributed by atoms with van der Waals surface area (Å²) in [5.41, 5.74) is 1.17. The summed E-state index contributed by atoms with van der Waals surface area (Å²) in [6.45, 7) is 5.97. The fourth-order valence-corrected chi connectivity index (χ4v) is 2.16. The Hall–Kier alpha value is -1.55. The Morgan fingerprint density at radius 2 is 1.95 bits per heavy atom. The average Bonchev–Trinajstić information content (AvgIpc) is 2.34. The van der Waals surface area contributed by atoms with Crippen molar-refractivity contribution >= 4 is 15.9 Å². The van der Waals surface area contributed by atoms with Gasteiger partial charge < -0.3 is 9.47 Å². The molecule has 100 valence electrons. The molecule has 0 unspecified atom stereocenters. The molecule has 1 aromatic carbocycles. The first kappa shape index (κ1) is 13.9. The van der Waals surface area contributed by atoms with Gasteiger partial charge in [0.1, 0.15) is 5.75 Å². The molecule has 0 saturated heterocycles. The van der Waals surface area contributed by atoms with Crippen LogP contribution in [0.25, 0.3) is 0 Å². The van der Waals surface area contributed by atoms with Crippen LogP contribution in [0.1, 0.15) is 19.4 Å². The van der Waals surface area contributed by atoms with Crippen molar-refractivity contribution < 1.29 is 9.47 Å². The molecule has 0 radical (unpaired) electrons. The molecule has 0 fully saturated rings. The third-order valence-electron chi connectivity index (χ3n) is 2.39. The van der Waals surface area contributed by atoms with Crippen LogP contribution in [0.4, 0.5) is 0 Å². The highest BCUT2D eigenvalue weighted by Gasteiger charge is 2.10.